The normalized spacial score (nSPS) is 10.4. The Kier molecular flexibility index (Phi) is 6.08. The minimum atomic E-state index is 0.606. The van der Waals surface area contributed by atoms with Crippen LogP contribution in [0.15, 0.2) is 46.9 Å². The van der Waals surface area contributed by atoms with Crippen LogP contribution in [0.3, 0.4) is 0 Å². The van der Waals surface area contributed by atoms with Crippen molar-refractivity contribution in [1.82, 2.24) is 0 Å². The monoisotopic (exact) mass is 349 g/mol. The molecular formula is C17H20BrNO2. The van der Waals surface area contributed by atoms with Gasteiger partial charge in [0.1, 0.15) is 0 Å². The Morgan fingerprint density at radius 2 is 1.81 bits per heavy atom. The lowest BCUT2D eigenvalue weighted by molar-refractivity contribution is 0.295. The molecule has 0 aromatic heterocycles. The minimum Gasteiger partial charge on any atom is -0.493 e. The van der Waals surface area contributed by atoms with Gasteiger partial charge in [-0.1, -0.05) is 30.3 Å². The van der Waals surface area contributed by atoms with Gasteiger partial charge in [0, 0.05) is 6.42 Å². The molecule has 0 amide bonds. The summed E-state index contributed by atoms with van der Waals surface area (Å²) in [5, 5.41) is 0. The molecule has 2 aromatic carbocycles. The topological polar surface area (TPSA) is 44.5 Å². The third-order valence-electron chi connectivity index (χ3n) is 3.20. The lowest BCUT2D eigenvalue weighted by Gasteiger charge is -2.14. The Morgan fingerprint density at radius 1 is 1.05 bits per heavy atom. The van der Waals surface area contributed by atoms with E-state index in [1.165, 1.54) is 5.56 Å². The van der Waals surface area contributed by atoms with E-state index in [0.29, 0.717) is 13.2 Å². The van der Waals surface area contributed by atoms with Crippen molar-refractivity contribution in [3.63, 3.8) is 0 Å². The van der Waals surface area contributed by atoms with Gasteiger partial charge in [-0.3, -0.25) is 0 Å². The molecule has 0 aliphatic heterocycles. The molecule has 0 heterocycles. The second kappa shape index (κ2) is 8.05. The molecule has 0 saturated heterocycles. The predicted octanol–water partition coefficient (Wildman–Crippen LogP) is 3.58. The standard InChI is InChI=1S/C17H20BrNO2/c1-20-16-12-14(7-9-19)11-15(18)17(16)21-10-8-13-5-3-2-4-6-13/h2-6,11-12H,7-10,19H2,1H3. The van der Waals surface area contributed by atoms with Crippen LogP contribution in [0, 0.1) is 0 Å². The van der Waals surface area contributed by atoms with E-state index in [1.54, 1.807) is 7.11 Å². The SMILES string of the molecule is COc1cc(CCN)cc(Br)c1OCCc1ccccc1. The number of rotatable bonds is 7. The number of methoxy groups -OCH3 is 1. The maximum Gasteiger partial charge on any atom is 0.175 e. The molecule has 4 heteroatoms. The van der Waals surface area contributed by atoms with Crippen LogP contribution in [0.1, 0.15) is 11.1 Å². The van der Waals surface area contributed by atoms with E-state index in [4.69, 9.17) is 15.2 Å². The van der Waals surface area contributed by atoms with Crippen LogP contribution in [0.25, 0.3) is 0 Å². The van der Waals surface area contributed by atoms with Crippen LogP contribution in [0.4, 0.5) is 0 Å². The summed E-state index contributed by atoms with van der Waals surface area (Å²) in [4.78, 5) is 0. The third-order valence-corrected chi connectivity index (χ3v) is 3.79. The molecule has 3 nitrogen and oxygen atoms in total. The van der Waals surface area contributed by atoms with Gasteiger partial charge in [0.05, 0.1) is 18.2 Å². The fourth-order valence-corrected chi connectivity index (χ4v) is 2.74. The summed E-state index contributed by atoms with van der Waals surface area (Å²) < 4.78 is 12.2. The summed E-state index contributed by atoms with van der Waals surface area (Å²) in [6, 6.07) is 14.3. The van der Waals surface area contributed by atoms with Crippen molar-refractivity contribution in [3.8, 4) is 11.5 Å². The average molecular weight is 350 g/mol. The highest BCUT2D eigenvalue weighted by molar-refractivity contribution is 9.10. The highest BCUT2D eigenvalue weighted by atomic mass is 79.9. The van der Waals surface area contributed by atoms with Gasteiger partial charge in [0.25, 0.3) is 0 Å². The fraction of sp³-hybridized carbons (Fsp3) is 0.294. The molecule has 2 aromatic rings. The lowest BCUT2D eigenvalue weighted by Crippen LogP contribution is -2.06. The Balaban J connectivity index is 2.05. The number of benzene rings is 2. The van der Waals surface area contributed by atoms with Crippen LogP contribution in [-0.2, 0) is 12.8 Å². The molecule has 0 aliphatic carbocycles. The molecule has 112 valence electrons. The molecule has 0 fully saturated rings. The van der Waals surface area contributed by atoms with Gasteiger partial charge in [0.2, 0.25) is 0 Å². The number of ether oxygens (including phenoxy) is 2. The van der Waals surface area contributed by atoms with Gasteiger partial charge in [-0.15, -0.1) is 0 Å². The molecule has 0 spiro atoms. The maximum atomic E-state index is 5.89. The summed E-state index contributed by atoms with van der Waals surface area (Å²) in [5.41, 5.74) is 7.99. The van der Waals surface area contributed by atoms with E-state index in [0.717, 1.165) is 34.4 Å². The molecular weight excluding hydrogens is 330 g/mol. The highest BCUT2D eigenvalue weighted by Crippen LogP contribution is 2.36. The van der Waals surface area contributed by atoms with Crippen molar-refractivity contribution in [1.29, 1.82) is 0 Å². The van der Waals surface area contributed by atoms with Crippen LogP contribution < -0.4 is 15.2 Å². The van der Waals surface area contributed by atoms with E-state index in [9.17, 15) is 0 Å². The molecule has 2 N–H and O–H groups in total. The van der Waals surface area contributed by atoms with Crippen molar-refractivity contribution in [2.45, 2.75) is 12.8 Å². The van der Waals surface area contributed by atoms with E-state index < -0.39 is 0 Å². The van der Waals surface area contributed by atoms with Crippen molar-refractivity contribution < 1.29 is 9.47 Å². The van der Waals surface area contributed by atoms with E-state index >= 15 is 0 Å². The number of halogens is 1. The summed E-state index contributed by atoms with van der Waals surface area (Å²) >= 11 is 3.55. The Hall–Kier alpha value is -1.52. The molecule has 0 saturated carbocycles. The van der Waals surface area contributed by atoms with Gasteiger partial charge in [-0.25, -0.2) is 0 Å². The van der Waals surface area contributed by atoms with Crippen molar-refractivity contribution in [2.24, 2.45) is 5.73 Å². The Morgan fingerprint density at radius 3 is 2.48 bits per heavy atom. The Bertz CT molecular complexity index is 573. The largest absolute Gasteiger partial charge is 0.493 e. The predicted molar refractivity (Wildman–Crippen MR) is 89.1 cm³/mol. The first-order valence-electron chi connectivity index (χ1n) is 6.97. The second-order valence-electron chi connectivity index (χ2n) is 4.73. The zero-order valence-corrected chi connectivity index (χ0v) is 13.7. The van der Waals surface area contributed by atoms with Gasteiger partial charge in [0.15, 0.2) is 11.5 Å². The van der Waals surface area contributed by atoms with E-state index in [1.807, 2.05) is 30.3 Å². The van der Waals surface area contributed by atoms with Crippen molar-refractivity contribution >= 4 is 15.9 Å². The molecule has 2 rings (SSSR count). The van der Waals surface area contributed by atoms with Crippen LogP contribution in [-0.4, -0.2) is 20.3 Å². The number of hydrogen-bond acceptors (Lipinski definition) is 3. The van der Waals surface area contributed by atoms with Gasteiger partial charge >= 0.3 is 0 Å². The summed E-state index contributed by atoms with van der Waals surface area (Å²) in [6.45, 7) is 1.22. The third kappa shape index (κ3) is 4.48. The van der Waals surface area contributed by atoms with Crippen LogP contribution in [0.5, 0.6) is 11.5 Å². The molecule has 0 radical (unpaired) electrons. The highest BCUT2D eigenvalue weighted by Gasteiger charge is 2.11. The van der Waals surface area contributed by atoms with Gasteiger partial charge in [-0.2, -0.15) is 0 Å². The van der Waals surface area contributed by atoms with Crippen molar-refractivity contribution in [2.75, 3.05) is 20.3 Å². The van der Waals surface area contributed by atoms with Crippen LogP contribution in [0.2, 0.25) is 0 Å². The first kappa shape index (κ1) is 15.9. The number of nitrogens with two attached hydrogens (primary N) is 1. The molecule has 21 heavy (non-hydrogen) atoms. The minimum absolute atomic E-state index is 0.606. The zero-order valence-electron chi connectivity index (χ0n) is 12.1. The second-order valence-corrected chi connectivity index (χ2v) is 5.59. The van der Waals surface area contributed by atoms with E-state index in [-0.39, 0.29) is 0 Å². The van der Waals surface area contributed by atoms with Crippen molar-refractivity contribution in [3.05, 3.63) is 58.1 Å². The van der Waals surface area contributed by atoms with Crippen LogP contribution >= 0.6 is 15.9 Å². The maximum absolute atomic E-state index is 5.89. The molecule has 0 bridgehead atoms. The summed E-state index contributed by atoms with van der Waals surface area (Å²) in [7, 11) is 1.65. The fourth-order valence-electron chi connectivity index (χ4n) is 2.14. The first-order chi connectivity index (χ1) is 10.2. The van der Waals surface area contributed by atoms with E-state index in [2.05, 4.69) is 28.1 Å². The van der Waals surface area contributed by atoms with Gasteiger partial charge in [-0.05, 0) is 52.2 Å². The number of hydrogen-bond donors (Lipinski definition) is 1. The Labute approximate surface area is 134 Å². The molecule has 0 aliphatic rings. The molecule has 0 unspecified atom stereocenters. The average Bonchev–Trinajstić information content (AvgIpc) is 2.50. The molecule has 0 atom stereocenters. The summed E-state index contributed by atoms with van der Waals surface area (Å²) in [6.07, 6.45) is 1.68. The first-order valence-corrected chi connectivity index (χ1v) is 7.77. The smallest absolute Gasteiger partial charge is 0.175 e. The summed E-state index contributed by atoms with van der Waals surface area (Å²) in [5.74, 6) is 1.48. The quantitative estimate of drug-likeness (QED) is 0.830. The van der Waals surface area contributed by atoms with Gasteiger partial charge < -0.3 is 15.2 Å². The zero-order chi connectivity index (χ0) is 15.1. The lowest BCUT2D eigenvalue weighted by atomic mass is 10.1.